The smallest absolute Gasteiger partial charge is 0.311 e. The molecule has 0 aliphatic heterocycles. The van der Waals surface area contributed by atoms with Crippen molar-refractivity contribution in [3.63, 3.8) is 0 Å². The predicted molar refractivity (Wildman–Crippen MR) is 42.0 cm³/mol. The molecule has 0 amide bonds. The molecule has 0 saturated heterocycles. The maximum atomic E-state index is 10.9. The monoisotopic (exact) mass is 158 g/mol. The van der Waals surface area contributed by atoms with E-state index in [4.69, 9.17) is 9.84 Å². The molecule has 0 fully saturated rings. The Morgan fingerprint density at radius 3 is 2.64 bits per heavy atom. The van der Waals surface area contributed by atoms with E-state index in [2.05, 4.69) is 6.58 Å². The quantitative estimate of drug-likeness (QED) is 0.484. The number of rotatable bonds is 4. The average molecular weight is 158 g/mol. The highest BCUT2D eigenvalue weighted by Gasteiger charge is 2.18. The van der Waals surface area contributed by atoms with Crippen LogP contribution < -0.4 is 0 Å². The van der Waals surface area contributed by atoms with E-state index in [0.29, 0.717) is 0 Å². The molecule has 0 aliphatic rings. The molecule has 0 aliphatic carbocycles. The van der Waals surface area contributed by atoms with Gasteiger partial charge in [-0.15, -0.1) is 0 Å². The highest BCUT2D eigenvalue weighted by atomic mass is 16.5. The van der Waals surface area contributed by atoms with Gasteiger partial charge in [-0.1, -0.05) is 12.7 Å². The van der Waals surface area contributed by atoms with Gasteiger partial charge in [0.05, 0.1) is 12.0 Å². The summed E-state index contributed by atoms with van der Waals surface area (Å²) in [5.74, 6) is -0.852. The van der Waals surface area contributed by atoms with Gasteiger partial charge in [0.25, 0.3) is 0 Å². The van der Waals surface area contributed by atoms with Gasteiger partial charge in [0.15, 0.2) is 0 Å². The zero-order valence-corrected chi connectivity index (χ0v) is 6.91. The van der Waals surface area contributed by atoms with Crippen molar-refractivity contribution >= 4 is 5.97 Å². The van der Waals surface area contributed by atoms with Gasteiger partial charge < -0.3 is 9.84 Å². The van der Waals surface area contributed by atoms with Gasteiger partial charge in [-0.2, -0.15) is 0 Å². The van der Waals surface area contributed by atoms with Gasteiger partial charge >= 0.3 is 5.97 Å². The minimum absolute atomic E-state index is 0.204. The molecule has 0 radical (unpaired) electrons. The van der Waals surface area contributed by atoms with E-state index in [1.54, 1.807) is 13.8 Å². The Labute approximate surface area is 66.7 Å². The molecular weight excluding hydrogens is 144 g/mol. The maximum Gasteiger partial charge on any atom is 0.311 e. The van der Waals surface area contributed by atoms with Crippen molar-refractivity contribution in [1.29, 1.82) is 0 Å². The molecule has 0 rings (SSSR count). The lowest BCUT2D eigenvalue weighted by Gasteiger charge is -2.12. The maximum absolute atomic E-state index is 10.9. The van der Waals surface area contributed by atoms with Crippen LogP contribution in [0.15, 0.2) is 12.7 Å². The molecular formula is C8H14O3. The van der Waals surface area contributed by atoms with Crippen LogP contribution in [0, 0.1) is 5.92 Å². The van der Waals surface area contributed by atoms with Gasteiger partial charge in [0.1, 0.15) is 6.61 Å². The number of hydrogen-bond acceptors (Lipinski definition) is 3. The van der Waals surface area contributed by atoms with Crippen LogP contribution >= 0.6 is 0 Å². The van der Waals surface area contributed by atoms with E-state index in [1.807, 2.05) is 0 Å². The van der Waals surface area contributed by atoms with E-state index < -0.39 is 12.0 Å². The van der Waals surface area contributed by atoms with Crippen molar-refractivity contribution in [2.75, 3.05) is 6.61 Å². The van der Waals surface area contributed by atoms with Crippen molar-refractivity contribution in [2.24, 2.45) is 5.92 Å². The molecule has 2 atom stereocenters. The van der Waals surface area contributed by atoms with Crippen LogP contribution in [0.1, 0.15) is 13.8 Å². The van der Waals surface area contributed by atoms with Crippen LogP contribution in [0.25, 0.3) is 0 Å². The Bertz CT molecular complexity index is 140. The number of carbonyl (C=O) groups excluding carboxylic acids is 1. The standard InChI is InChI=1S/C8H14O3/c1-4-5-11-8(10)6(2)7(3)9/h4,6-7,9H,1,5H2,2-3H3. The second-order valence-corrected chi connectivity index (χ2v) is 2.45. The van der Waals surface area contributed by atoms with Crippen molar-refractivity contribution in [3.8, 4) is 0 Å². The summed E-state index contributed by atoms with van der Waals surface area (Å²) < 4.78 is 4.70. The van der Waals surface area contributed by atoms with Gasteiger partial charge in [0.2, 0.25) is 0 Å². The minimum Gasteiger partial charge on any atom is -0.461 e. The second kappa shape index (κ2) is 4.91. The lowest BCUT2D eigenvalue weighted by Crippen LogP contribution is -2.24. The lowest BCUT2D eigenvalue weighted by molar-refractivity contribution is -0.149. The molecule has 3 heteroatoms. The molecule has 64 valence electrons. The van der Waals surface area contributed by atoms with Crippen LogP contribution in [0.5, 0.6) is 0 Å². The molecule has 2 unspecified atom stereocenters. The van der Waals surface area contributed by atoms with Crippen molar-refractivity contribution in [3.05, 3.63) is 12.7 Å². The number of hydrogen-bond donors (Lipinski definition) is 1. The van der Waals surface area contributed by atoms with Gasteiger partial charge in [0, 0.05) is 0 Å². The molecule has 11 heavy (non-hydrogen) atoms. The minimum atomic E-state index is -0.660. The lowest BCUT2D eigenvalue weighted by atomic mass is 10.1. The third-order valence-electron chi connectivity index (χ3n) is 1.44. The molecule has 0 bridgehead atoms. The molecule has 3 nitrogen and oxygen atoms in total. The SMILES string of the molecule is C=CCOC(=O)C(C)C(C)O. The molecule has 0 aromatic rings. The van der Waals surface area contributed by atoms with Crippen LogP contribution in [0.3, 0.4) is 0 Å². The van der Waals surface area contributed by atoms with E-state index >= 15 is 0 Å². The van der Waals surface area contributed by atoms with Crippen molar-refractivity contribution in [1.82, 2.24) is 0 Å². The Kier molecular flexibility index (Phi) is 4.54. The topological polar surface area (TPSA) is 46.5 Å². The van der Waals surface area contributed by atoms with Crippen LogP contribution in [-0.4, -0.2) is 23.8 Å². The van der Waals surface area contributed by atoms with Crippen molar-refractivity contribution in [2.45, 2.75) is 20.0 Å². The number of aliphatic hydroxyl groups is 1. The van der Waals surface area contributed by atoms with Crippen LogP contribution in [0.2, 0.25) is 0 Å². The summed E-state index contributed by atoms with van der Waals surface area (Å²) in [6.45, 7) is 6.78. The summed E-state index contributed by atoms with van der Waals surface area (Å²) in [6, 6.07) is 0. The Balaban J connectivity index is 3.73. The molecule has 1 N–H and O–H groups in total. The highest BCUT2D eigenvalue weighted by Crippen LogP contribution is 2.03. The normalized spacial score (nSPS) is 15.2. The first-order valence-corrected chi connectivity index (χ1v) is 3.55. The third kappa shape index (κ3) is 3.78. The predicted octanol–water partition coefficient (Wildman–Crippen LogP) is 0.732. The Morgan fingerprint density at radius 1 is 1.73 bits per heavy atom. The summed E-state index contributed by atoms with van der Waals surface area (Å²) in [5, 5.41) is 8.96. The fraction of sp³-hybridized carbons (Fsp3) is 0.625. The second-order valence-electron chi connectivity index (χ2n) is 2.45. The highest BCUT2D eigenvalue weighted by molar-refractivity contribution is 5.72. The number of aliphatic hydroxyl groups excluding tert-OH is 1. The van der Waals surface area contributed by atoms with Gasteiger partial charge in [-0.25, -0.2) is 0 Å². The molecule has 0 saturated carbocycles. The molecule has 0 spiro atoms. The summed E-state index contributed by atoms with van der Waals surface area (Å²) in [7, 11) is 0. The first-order chi connectivity index (χ1) is 5.09. The fourth-order valence-electron chi connectivity index (χ4n) is 0.469. The molecule has 0 heterocycles. The Morgan fingerprint density at radius 2 is 2.27 bits per heavy atom. The summed E-state index contributed by atoms with van der Waals surface area (Å²) in [4.78, 5) is 10.9. The number of ether oxygens (including phenoxy) is 1. The van der Waals surface area contributed by atoms with Crippen LogP contribution in [-0.2, 0) is 9.53 Å². The van der Waals surface area contributed by atoms with Gasteiger partial charge in [-0.05, 0) is 13.8 Å². The zero-order chi connectivity index (χ0) is 8.85. The third-order valence-corrected chi connectivity index (χ3v) is 1.44. The van der Waals surface area contributed by atoms with E-state index in [1.165, 1.54) is 6.08 Å². The van der Waals surface area contributed by atoms with Gasteiger partial charge in [-0.3, -0.25) is 4.79 Å². The summed E-state index contributed by atoms with van der Waals surface area (Å²) in [5.41, 5.74) is 0. The molecule has 0 aromatic heterocycles. The van der Waals surface area contributed by atoms with Crippen LogP contribution in [0.4, 0.5) is 0 Å². The number of carbonyl (C=O) groups is 1. The zero-order valence-electron chi connectivity index (χ0n) is 6.91. The number of esters is 1. The van der Waals surface area contributed by atoms with E-state index in [-0.39, 0.29) is 12.6 Å². The fourth-order valence-corrected chi connectivity index (χ4v) is 0.469. The molecule has 0 aromatic carbocycles. The summed E-state index contributed by atoms with van der Waals surface area (Å²) in [6.07, 6.45) is 0.833. The Hall–Kier alpha value is -0.830. The first-order valence-electron chi connectivity index (χ1n) is 3.55. The first kappa shape index (κ1) is 10.2. The van der Waals surface area contributed by atoms with E-state index in [9.17, 15) is 4.79 Å². The van der Waals surface area contributed by atoms with E-state index in [0.717, 1.165) is 0 Å². The van der Waals surface area contributed by atoms with Crippen molar-refractivity contribution < 1.29 is 14.6 Å². The summed E-state index contributed by atoms with van der Waals surface area (Å²) >= 11 is 0. The largest absolute Gasteiger partial charge is 0.461 e. The average Bonchev–Trinajstić information content (AvgIpc) is 1.98.